The summed E-state index contributed by atoms with van der Waals surface area (Å²) in [6, 6.07) is 17.5. The summed E-state index contributed by atoms with van der Waals surface area (Å²) in [5, 5.41) is 15.2. The van der Waals surface area contributed by atoms with Gasteiger partial charge in [0.25, 0.3) is 0 Å². The molecular weight excluding hydrogens is 264 g/mol. The fourth-order valence-electron chi connectivity index (χ4n) is 2.23. The van der Waals surface area contributed by atoms with Crippen molar-refractivity contribution in [1.82, 2.24) is 5.32 Å². The molecule has 3 heteroatoms. The summed E-state index contributed by atoms with van der Waals surface area (Å²) in [7, 11) is 0. The molecule has 104 valence electrons. The van der Waals surface area contributed by atoms with Crippen molar-refractivity contribution in [1.29, 1.82) is 5.26 Å². The number of fused-ring (bicyclic) bond motifs is 1. The first-order valence-corrected chi connectivity index (χ1v) is 7.81. The SMILES string of the molecule is CC(C)NC(C)(C#N)CSc1ccc2ccccc2c1. The molecule has 0 aromatic heterocycles. The predicted octanol–water partition coefficient (Wildman–Crippen LogP) is 4.21. The van der Waals surface area contributed by atoms with Crippen molar-refractivity contribution in [3.8, 4) is 6.07 Å². The van der Waals surface area contributed by atoms with Gasteiger partial charge >= 0.3 is 0 Å². The Hall–Kier alpha value is -1.50. The number of thioether (sulfide) groups is 1. The van der Waals surface area contributed by atoms with Gasteiger partial charge in [-0.3, -0.25) is 5.32 Å². The lowest BCUT2D eigenvalue weighted by Gasteiger charge is -2.25. The molecule has 0 amide bonds. The predicted molar refractivity (Wildman–Crippen MR) is 87.0 cm³/mol. The second-order valence-corrected chi connectivity index (χ2v) is 6.59. The lowest BCUT2D eigenvalue weighted by Crippen LogP contribution is -2.47. The van der Waals surface area contributed by atoms with Crippen molar-refractivity contribution >= 4 is 22.5 Å². The number of rotatable bonds is 5. The Balaban J connectivity index is 2.10. The molecule has 0 aliphatic carbocycles. The van der Waals surface area contributed by atoms with Crippen LogP contribution < -0.4 is 5.32 Å². The van der Waals surface area contributed by atoms with Gasteiger partial charge in [0, 0.05) is 16.7 Å². The molecule has 0 aliphatic rings. The zero-order chi connectivity index (χ0) is 14.6. The average molecular weight is 284 g/mol. The van der Waals surface area contributed by atoms with E-state index >= 15 is 0 Å². The van der Waals surface area contributed by atoms with Crippen LogP contribution in [-0.2, 0) is 0 Å². The van der Waals surface area contributed by atoms with Crippen molar-refractivity contribution in [2.75, 3.05) is 5.75 Å². The van der Waals surface area contributed by atoms with E-state index in [0.29, 0.717) is 6.04 Å². The van der Waals surface area contributed by atoms with E-state index in [1.807, 2.05) is 6.92 Å². The second-order valence-electron chi connectivity index (χ2n) is 5.54. The van der Waals surface area contributed by atoms with Crippen molar-refractivity contribution in [2.24, 2.45) is 0 Å². The molecule has 1 atom stereocenters. The molecule has 0 saturated carbocycles. The minimum absolute atomic E-state index is 0.303. The number of nitrogens with zero attached hydrogens (tertiary/aromatic N) is 1. The molecule has 0 aliphatic heterocycles. The van der Waals surface area contributed by atoms with E-state index in [4.69, 9.17) is 0 Å². The van der Waals surface area contributed by atoms with Crippen molar-refractivity contribution in [2.45, 2.75) is 37.2 Å². The monoisotopic (exact) mass is 284 g/mol. The highest BCUT2D eigenvalue weighted by Gasteiger charge is 2.24. The Morgan fingerprint density at radius 3 is 2.55 bits per heavy atom. The summed E-state index contributed by atoms with van der Waals surface area (Å²) >= 11 is 1.72. The molecule has 2 aromatic carbocycles. The second kappa shape index (κ2) is 6.30. The van der Waals surface area contributed by atoms with Crippen LogP contribution in [0.15, 0.2) is 47.4 Å². The maximum atomic E-state index is 9.36. The van der Waals surface area contributed by atoms with Gasteiger partial charge in [0.1, 0.15) is 5.54 Å². The van der Waals surface area contributed by atoms with Crippen LogP contribution >= 0.6 is 11.8 Å². The van der Waals surface area contributed by atoms with Gasteiger partial charge in [-0.15, -0.1) is 11.8 Å². The van der Waals surface area contributed by atoms with Crippen LogP contribution in [0.3, 0.4) is 0 Å². The first kappa shape index (κ1) is 14.9. The quantitative estimate of drug-likeness (QED) is 0.835. The lowest BCUT2D eigenvalue weighted by molar-refractivity contribution is 0.443. The van der Waals surface area contributed by atoms with E-state index in [1.165, 1.54) is 15.7 Å². The molecule has 0 radical (unpaired) electrons. The Morgan fingerprint density at radius 1 is 1.20 bits per heavy atom. The van der Waals surface area contributed by atoms with Crippen molar-refractivity contribution in [3.05, 3.63) is 42.5 Å². The molecule has 2 rings (SSSR count). The van der Waals surface area contributed by atoms with Gasteiger partial charge in [0.05, 0.1) is 6.07 Å². The van der Waals surface area contributed by atoms with Crippen LogP contribution in [0, 0.1) is 11.3 Å². The lowest BCUT2D eigenvalue weighted by atomic mass is 10.1. The van der Waals surface area contributed by atoms with E-state index in [9.17, 15) is 5.26 Å². The Kier molecular flexibility index (Phi) is 4.69. The number of benzene rings is 2. The normalized spacial score (nSPS) is 14.2. The molecule has 1 N–H and O–H groups in total. The molecule has 2 nitrogen and oxygen atoms in total. The minimum atomic E-state index is -0.496. The highest BCUT2D eigenvalue weighted by molar-refractivity contribution is 7.99. The summed E-state index contributed by atoms with van der Waals surface area (Å²) in [6.45, 7) is 6.09. The standard InChI is InChI=1S/C17H20N2S/c1-13(2)19-17(3,11-18)12-20-16-9-8-14-6-4-5-7-15(14)10-16/h4-10,13,19H,12H2,1-3H3. The smallest absolute Gasteiger partial charge is 0.113 e. The van der Waals surface area contributed by atoms with E-state index < -0.39 is 5.54 Å². The largest absolute Gasteiger partial charge is 0.297 e. The Bertz CT molecular complexity index is 630. The summed E-state index contributed by atoms with van der Waals surface area (Å²) in [4.78, 5) is 1.20. The molecule has 0 spiro atoms. The van der Waals surface area contributed by atoms with Crippen molar-refractivity contribution in [3.63, 3.8) is 0 Å². The zero-order valence-electron chi connectivity index (χ0n) is 12.2. The first-order valence-electron chi connectivity index (χ1n) is 6.83. The molecule has 0 heterocycles. The molecule has 20 heavy (non-hydrogen) atoms. The maximum absolute atomic E-state index is 9.36. The summed E-state index contributed by atoms with van der Waals surface area (Å²) in [6.07, 6.45) is 0. The summed E-state index contributed by atoms with van der Waals surface area (Å²) < 4.78 is 0. The van der Waals surface area contributed by atoms with E-state index in [0.717, 1.165) is 5.75 Å². The van der Waals surface area contributed by atoms with Crippen LogP contribution in [0.2, 0.25) is 0 Å². The highest BCUT2D eigenvalue weighted by atomic mass is 32.2. The Morgan fingerprint density at radius 2 is 1.90 bits per heavy atom. The Labute approximate surface area is 125 Å². The maximum Gasteiger partial charge on any atom is 0.113 e. The van der Waals surface area contributed by atoms with Crippen LogP contribution in [0.25, 0.3) is 10.8 Å². The fraction of sp³-hybridized carbons (Fsp3) is 0.353. The fourth-order valence-corrected chi connectivity index (χ4v) is 3.21. The van der Waals surface area contributed by atoms with Crippen LogP contribution in [0.5, 0.6) is 0 Å². The molecular formula is C17H20N2S. The third-order valence-electron chi connectivity index (χ3n) is 3.10. The topological polar surface area (TPSA) is 35.8 Å². The van der Waals surface area contributed by atoms with Gasteiger partial charge in [-0.05, 0) is 43.7 Å². The minimum Gasteiger partial charge on any atom is -0.297 e. The van der Waals surface area contributed by atoms with Crippen LogP contribution in [0.1, 0.15) is 20.8 Å². The van der Waals surface area contributed by atoms with Crippen LogP contribution in [0.4, 0.5) is 0 Å². The van der Waals surface area contributed by atoms with E-state index in [-0.39, 0.29) is 0 Å². The third-order valence-corrected chi connectivity index (χ3v) is 4.41. The molecule has 1 unspecified atom stereocenters. The summed E-state index contributed by atoms with van der Waals surface area (Å²) in [5.41, 5.74) is -0.496. The highest BCUT2D eigenvalue weighted by Crippen LogP contribution is 2.26. The van der Waals surface area contributed by atoms with E-state index in [1.54, 1.807) is 11.8 Å². The third kappa shape index (κ3) is 3.75. The number of hydrogen-bond donors (Lipinski definition) is 1. The van der Waals surface area contributed by atoms with Crippen LogP contribution in [-0.4, -0.2) is 17.3 Å². The number of nitrogens with one attached hydrogen (secondary N) is 1. The molecule has 0 fully saturated rings. The number of nitriles is 1. The summed E-state index contributed by atoms with van der Waals surface area (Å²) in [5.74, 6) is 0.736. The van der Waals surface area contributed by atoms with Gasteiger partial charge < -0.3 is 0 Å². The van der Waals surface area contributed by atoms with Crippen molar-refractivity contribution < 1.29 is 0 Å². The molecule has 0 bridgehead atoms. The molecule has 2 aromatic rings. The molecule has 0 saturated heterocycles. The van der Waals surface area contributed by atoms with Gasteiger partial charge in [0.2, 0.25) is 0 Å². The van der Waals surface area contributed by atoms with Gasteiger partial charge in [-0.1, -0.05) is 30.3 Å². The first-order chi connectivity index (χ1) is 9.52. The van der Waals surface area contributed by atoms with Gasteiger partial charge in [-0.2, -0.15) is 5.26 Å². The van der Waals surface area contributed by atoms with Gasteiger partial charge in [-0.25, -0.2) is 0 Å². The van der Waals surface area contributed by atoms with Gasteiger partial charge in [0.15, 0.2) is 0 Å². The average Bonchev–Trinajstić information content (AvgIpc) is 2.44. The van der Waals surface area contributed by atoms with E-state index in [2.05, 4.69) is 67.7 Å². The zero-order valence-corrected chi connectivity index (χ0v) is 13.0. The number of hydrogen-bond acceptors (Lipinski definition) is 3.